The Balaban J connectivity index is 2.68. The van der Waals surface area contributed by atoms with Gasteiger partial charge >= 0.3 is 0 Å². The predicted octanol–water partition coefficient (Wildman–Crippen LogP) is 1.42. The van der Waals surface area contributed by atoms with Crippen molar-refractivity contribution in [2.75, 3.05) is 11.9 Å². The normalized spacial score (nSPS) is 9.93. The molecular weight excluding hydrogens is 183 g/mol. The van der Waals surface area contributed by atoms with Crippen LogP contribution in [-0.2, 0) is 4.79 Å². The summed E-state index contributed by atoms with van der Waals surface area (Å²) in [6, 6.07) is 4.57. The largest absolute Gasteiger partial charge is 0.330 e. The van der Waals surface area contributed by atoms with E-state index in [1.165, 1.54) is 6.07 Å². The van der Waals surface area contributed by atoms with Gasteiger partial charge in [0.15, 0.2) is 0 Å². The summed E-state index contributed by atoms with van der Waals surface area (Å²) in [5, 5.41) is 2.55. The maximum Gasteiger partial charge on any atom is 0.225 e. The molecule has 0 aliphatic heterocycles. The Labute approximate surface area is 82.1 Å². The van der Waals surface area contributed by atoms with E-state index in [9.17, 15) is 9.18 Å². The maximum absolute atomic E-state index is 13.0. The molecule has 1 aromatic rings. The minimum absolute atomic E-state index is 0.198. The number of benzene rings is 1. The first-order valence-electron chi connectivity index (χ1n) is 4.39. The fourth-order valence-electron chi connectivity index (χ4n) is 1.03. The average molecular weight is 196 g/mol. The standard InChI is InChI=1S/C10H13FN2O/c1-7-2-3-8(6-9(7)11)13-10(14)4-5-12/h2-3,6H,4-5,12H2,1H3,(H,13,14). The summed E-state index contributed by atoms with van der Waals surface area (Å²) in [4.78, 5) is 11.1. The Morgan fingerprint density at radius 2 is 2.29 bits per heavy atom. The topological polar surface area (TPSA) is 55.1 Å². The minimum Gasteiger partial charge on any atom is -0.330 e. The Hall–Kier alpha value is -1.42. The lowest BCUT2D eigenvalue weighted by Gasteiger charge is -2.05. The van der Waals surface area contributed by atoms with E-state index in [2.05, 4.69) is 5.32 Å². The number of hydrogen-bond donors (Lipinski definition) is 2. The fourth-order valence-corrected chi connectivity index (χ4v) is 1.03. The van der Waals surface area contributed by atoms with Gasteiger partial charge in [-0.15, -0.1) is 0 Å². The minimum atomic E-state index is -0.324. The molecule has 0 unspecified atom stereocenters. The summed E-state index contributed by atoms with van der Waals surface area (Å²) in [5.41, 5.74) is 6.22. The highest BCUT2D eigenvalue weighted by atomic mass is 19.1. The molecule has 0 spiro atoms. The van der Waals surface area contributed by atoms with Gasteiger partial charge in [-0.05, 0) is 24.6 Å². The van der Waals surface area contributed by atoms with Gasteiger partial charge in [-0.25, -0.2) is 4.39 Å². The monoisotopic (exact) mass is 196 g/mol. The van der Waals surface area contributed by atoms with Crippen molar-refractivity contribution in [2.24, 2.45) is 5.73 Å². The zero-order valence-electron chi connectivity index (χ0n) is 8.01. The Morgan fingerprint density at radius 1 is 1.57 bits per heavy atom. The fraction of sp³-hybridized carbons (Fsp3) is 0.300. The van der Waals surface area contributed by atoms with Crippen LogP contribution in [0, 0.1) is 12.7 Å². The van der Waals surface area contributed by atoms with Crippen molar-refractivity contribution in [1.29, 1.82) is 0 Å². The molecule has 4 heteroatoms. The SMILES string of the molecule is Cc1ccc(NC(=O)CCN)cc1F. The van der Waals surface area contributed by atoms with Gasteiger partial charge in [-0.2, -0.15) is 0 Å². The number of anilines is 1. The van der Waals surface area contributed by atoms with Crippen LogP contribution in [0.1, 0.15) is 12.0 Å². The van der Waals surface area contributed by atoms with Crippen LogP contribution >= 0.6 is 0 Å². The molecule has 0 saturated carbocycles. The lowest BCUT2D eigenvalue weighted by molar-refractivity contribution is -0.116. The summed E-state index contributed by atoms with van der Waals surface area (Å²) in [7, 11) is 0. The molecule has 76 valence electrons. The summed E-state index contributed by atoms with van der Waals surface area (Å²) in [6.45, 7) is 1.96. The van der Waals surface area contributed by atoms with Crippen molar-refractivity contribution in [1.82, 2.24) is 0 Å². The van der Waals surface area contributed by atoms with Crippen molar-refractivity contribution in [3.63, 3.8) is 0 Å². The van der Waals surface area contributed by atoms with Crippen molar-refractivity contribution < 1.29 is 9.18 Å². The first-order chi connectivity index (χ1) is 6.63. The smallest absolute Gasteiger partial charge is 0.225 e. The van der Waals surface area contributed by atoms with Crippen LogP contribution in [0.15, 0.2) is 18.2 Å². The molecule has 0 atom stereocenters. The molecule has 0 bridgehead atoms. The maximum atomic E-state index is 13.0. The molecule has 0 heterocycles. The summed E-state index contributed by atoms with van der Waals surface area (Å²) >= 11 is 0. The average Bonchev–Trinajstić information content (AvgIpc) is 2.12. The van der Waals surface area contributed by atoms with Crippen LogP contribution in [-0.4, -0.2) is 12.5 Å². The van der Waals surface area contributed by atoms with E-state index in [0.29, 0.717) is 17.8 Å². The van der Waals surface area contributed by atoms with Gasteiger partial charge in [-0.1, -0.05) is 6.07 Å². The van der Waals surface area contributed by atoms with Gasteiger partial charge in [0, 0.05) is 18.7 Å². The lowest BCUT2D eigenvalue weighted by atomic mass is 10.2. The van der Waals surface area contributed by atoms with Gasteiger partial charge < -0.3 is 11.1 Å². The lowest BCUT2D eigenvalue weighted by Crippen LogP contribution is -2.16. The number of nitrogens with one attached hydrogen (secondary N) is 1. The zero-order valence-corrected chi connectivity index (χ0v) is 8.01. The third-order valence-corrected chi connectivity index (χ3v) is 1.83. The number of aryl methyl sites for hydroxylation is 1. The number of rotatable bonds is 3. The van der Waals surface area contributed by atoms with E-state index in [4.69, 9.17) is 5.73 Å². The van der Waals surface area contributed by atoms with Gasteiger partial charge in [0.25, 0.3) is 0 Å². The quantitative estimate of drug-likeness (QED) is 0.768. The second kappa shape index (κ2) is 4.72. The summed E-state index contributed by atoms with van der Waals surface area (Å²) in [5.74, 6) is -0.522. The molecule has 1 amide bonds. The van der Waals surface area contributed by atoms with Crippen LogP contribution in [0.4, 0.5) is 10.1 Å². The molecule has 1 rings (SSSR count). The molecule has 3 nitrogen and oxygen atoms in total. The van der Waals surface area contributed by atoms with E-state index in [0.717, 1.165) is 0 Å². The predicted molar refractivity (Wildman–Crippen MR) is 53.4 cm³/mol. The van der Waals surface area contributed by atoms with Crippen LogP contribution < -0.4 is 11.1 Å². The Bertz CT molecular complexity index is 339. The van der Waals surface area contributed by atoms with Crippen molar-refractivity contribution in [2.45, 2.75) is 13.3 Å². The number of carbonyl (C=O) groups is 1. The molecule has 3 N–H and O–H groups in total. The molecule has 1 aromatic carbocycles. The van der Waals surface area contributed by atoms with Gasteiger partial charge in [0.05, 0.1) is 0 Å². The molecule has 0 saturated heterocycles. The Morgan fingerprint density at radius 3 is 2.86 bits per heavy atom. The van der Waals surface area contributed by atoms with Crippen LogP contribution in [0.5, 0.6) is 0 Å². The van der Waals surface area contributed by atoms with E-state index < -0.39 is 0 Å². The van der Waals surface area contributed by atoms with Crippen LogP contribution in [0.3, 0.4) is 0 Å². The first kappa shape index (κ1) is 10.7. The van der Waals surface area contributed by atoms with Crippen LogP contribution in [0.25, 0.3) is 0 Å². The number of halogens is 1. The third kappa shape index (κ3) is 2.81. The highest BCUT2D eigenvalue weighted by Gasteiger charge is 2.02. The second-order valence-electron chi connectivity index (χ2n) is 3.05. The highest BCUT2D eigenvalue weighted by molar-refractivity contribution is 5.90. The molecule has 0 aliphatic rings. The van der Waals surface area contributed by atoms with E-state index >= 15 is 0 Å². The van der Waals surface area contributed by atoms with Gasteiger partial charge in [-0.3, -0.25) is 4.79 Å². The molecule has 0 aliphatic carbocycles. The second-order valence-corrected chi connectivity index (χ2v) is 3.05. The first-order valence-corrected chi connectivity index (χ1v) is 4.39. The third-order valence-electron chi connectivity index (χ3n) is 1.83. The Kier molecular flexibility index (Phi) is 3.59. The number of nitrogens with two attached hydrogens (primary N) is 1. The number of carbonyl (C=O) groups excluding carboxylic acids is 1. The summed E-state index contributed by atoms with van der Waals surface area (Å²) in [6.07, 6.45) is 0.246. The van der Waals surface area contributed by atoms with Gasteiger partial charge in [0.2, 0.25) is 5.91 Å². The molecule has 0 aromatic heterocycles. The summed E-state index contributed by atoms with van der Waals surface area (Å²) < 4.78 is 13.0. The molecule has 0 fully saturated rings. The molecule has 0 radical (unpaired) electrons. The number of amides is 1. The van der Waals surface area contributed by atoms with Crippen molar-refractivity contribution >= 4 is 11.6 Å². The van der Waals surface area contributed by atoms with E-state index in [1.807, 2.05) is 0 Å². The zero-order chi connectivity index (χ0) is 10.6. The number of hydrogen-bond acceptors (Lipinski definition) is 2. The molecular formula is C10H13FN2O. The van der Waals surface area contributed by atoms with Crippen molar-refractivity contribution in [3.05, 3.63) is 29.6 Å². The van der Waals surface area contributed by atoms with Crippen LogP contribution in [0.2, 0.25) is 0 Å². The van der Waals surface area contributed by atoms with Gasteiger partial charge in [0.1, 0.15) is 5.82 Å². The molecule has 14 heavy (non-hydrogen) atoms. The van der Waals surface area contributed by atoms with E-state index in [1.54, 1.807) is 19.1 Å². The van der Waals surface area contributed by atoms with Crippen molar-refractivity contribution in [3.8, 4) is 0 Å². The van der Waals surface area contributed by atoms with E-state index in [-0.39, 0.29) is 18.1 Å². The highest BCUT2D eigenvalue weighted by Crippen LogP contribution is 2.13.